The first-order chi connectivity index (χ1) is 5.91. The SMILES string of the molecule is C=C(C)CN(CC(=O)O)CC(C)C. The molecule has 0 bridgehead atoms. The van der Waals surface area contributed by atoms with Crippen molar-refractivity contribution in [3.05, 3.63) is 12.2 Å². The van der Waals surface area contributed by atoms with Gasteiger partial charge in [-0.3, -0.25) is 9.69 Å². The van der Waals surface area contributed by atoms with E-state index in [0.717, 1.165) is 12.1 Å². The lowest BCUT2D eigenvalue weighted by molar-refractivity contribution is -0.138. The van der Waals surface area contributed by atoms with Gasteiger partial charge < -0.3 is 5.11 Å². The maximum Gasteiger partial charge on any atom is 0.317 e. The summed E-state index contributed by atoms with van der Waals surface area (Å²) in [5.74, 6) is -0.291. The predicted molar refractivity (Wildman–Crippen MR) is 53.7 cm³/mol. The lowest BCUT2D eigenvalue weighted by Gasteiger charge is -2.22. The van der Waals surface area contributed by atoms with Gasteiger partial charge in [0.05, 0.1) is 6.54 Å². The van der Waals surface area contributed by atoms with Gasteiger partial charge in [-0.05, 0) is 12.8 Å². The van der Waals surface area contributed by atoms with Gasteiger partial charge in [-0.2, -0.15) is 0 Å². The summed E-state index contributed by atoms with van der Waals surface area (Å²) >= 11 is 0. The van der Waals surface area contributed by atoms with Crippen molar-refractivity contribution in [3.63, 3.8) is 0 Å². The van der Waals surface area contributed by atoms with Crippen LogP contribution >= 0.6 is 0 Å². The van der Waals surface area contributed by atoms with Gasteiger partial charge in [-0.1, -0.05) is 26.0 Å². The molecule has 0 rings (SSSR count). The second-order valence-corrected chi connectivity index (χ2v) is 3.91. The Balaban J connectivity index is 4.02. The first-order valence-electron chi connectivity index (χ1n) is 4.50. The first kappa shape index (κ1) is 12.2. The minimum Gasteiger partial charge on any atom is -0.480 e. The molecule has 76 valence electrons. The summed E-state index contributed by atoms with van der Waals surface area (Å²) in [5.41, 5.74) is 1.00. The topological polar surface area (TPSA) is 40.5 Å². The van der Waals surface area contributed by atoms with Gasteiger partial charge in [0, 0.05) is 13.1 Å². The van der Waals surface area contributed by atoms with Crippen molar-refractivity contribution >= 4 is 5.97 Å². The Bertz CT molecular complexity index is 171. The predicted octanol–water partition coefficient (Wildman–Crippen LogP) is 1.61. The zero-order valence-electron chi connectivity index (χ0n) is 8.71. The molecule has 0 aromatic carbocycles. The maximum absolute atomic E-state index is 10.5. The van der Waals surface area contributed by atoms with Crippen molar-refractivity contribution in [2.75, 3.05) is 19.6 Å². The first-order valence-corrected chi connectivity index (χ1v) is 4.50. The number of carboxylic acid groups (broad SMARTS) is 1. The van der Waals surface area contributed by atoms with Crippen molar-refractivity contribution < 1.29 is 9.90 Å². The fraction of sp³-hybridized carbons (Fsp3) is 0.700. The lowest BCUT2D eigenvalue weighted by Crippen LogP contribution is -2.34. The van der Waals surface area contributed by atoms with Crippen LogP contribution in [0.15, 0.2) is 12.2 Å². The van der Waals surface area contributed by atoms with Gasteiger partial charge in [0.25, 0.3) is 0 Å². The van der Waals surface area contributed by atoms with E-state index in [1.807, 2.05) is 11.8 Å². The van der Waals surface area contributed by atoms with E-state index < -0.39 is 5.97 Å². The Kier molecular flexibility index (Phi) is 5.39. The van der Waals surface area contributed by atoms with E-state index in [9.17, 15) is 4.79 Å². The van der Waals surface area contributed by atoms with Crippen molar-refractivity contribution in [2.24, 2.45) is 5.92 Å². The molecular formula is C10H19NO2. The quantitative estimate of drug-likeness (QED) is 0.639. The fourth-order valence-electron chi connectivity index (χ4n) is 1.27. The van der Waals surface area contributed by atoms with Gasteiger partial charge in [0.1, 0.15) is 0 Å². The molecule has 13 heavy (non-hydrogen) atoms. The van der Waals surface area contributed by atoms with Crippen LogP contribution in [0.2, 0.25) is 0 Å². The Hall–Kier alpha value is -0.830. The van der Waals surface area contributed by atoms with E-state index >= 15 is 0 Å². The highest BCUT2D eigenvalue weighted by molar-refractivity contribution is 5.69. The summed E-state index contributed by atoms with van der Waals surface area (Å²) < 4.78 is 0. The van der Waals surface area contributed by atoms with Crippen LogP contribution in [0.5, 0.6) is 0 Å². The number of aliphatic carboxylic acids is 1. The van der Waals surface area contributed by atoms with Crippen LogP contribution in [0.4, 0.5) is 0 Å². The molecule has 0 aromatic heterocycles. The third-order valence-corrected chi connectivity index (χ3v) is 1.48. The fourth-order valence-corrected chi connectivity index (χ4v) is 1.27. The van der Waals surface area contributed by atoms with E-state index in [1.165, 1.54) is 0 Å². The normalized spacial score (nSPS) is 10.8. The number of carbonyl (C=O) groups is 1. The van der Waals surface area contributed by atoms with Gasteiger partial charge in [-0.25, -0.2) is 0 Å². The summed E-state index contributed by atoms with van der Waals surface area (Å²) in [6.45, 7) is 11.4. The van der Waals surface area contributed by atoms with Crippen molar-refractivity contribution in [1.29, 1.82) is 0 Å². The molecule has 0 unspecified atom stereocenters. The zero-order valence-corrected chi connectivity index (χ0v) is 8.71. The van der Waals surface area contributed by atoms with E-state index in [-0.39, 0.29) is 6.54 Å². The molecule has 0 fully saturated rings. The number of hydrogen-bond donors (Lipinski definition) is 1. The van der Waals surface area contributed by atoms with Crippen LogP contribution < -0.4 is 0 Å². The Labute approximate surface area is 80.0 Å². The summed E-state index contributed by atoms with van der Waals surface area (Å²) in [6, 6.07) is 0. The highest BCUT2D eigenvalue weighted by atomic mass is 16.4. The van der Waals surface area contributed by atoms with Crippen LogP contribution in [-0.4, -0.2) is 35.6 Å². The van der Waals surface area contributed by atoms with E-state index in [2.05, 4.69) is 20.4 Å². The maximum atomic E-state index is 10.5. The highest BCUT2D eigenvalue weighted by Gasteiger charge is 2.10. The Morgan fingerprint density at radius 1 is 1.46 bits per heavy atom. The van der Waals surface area contributed by atoms with E-state index in [0.29, 0.717) is 12.5 Å². The molecule has 0 amide bonds. The zero-order chi connectivity index (χ0) is 10.4. The lowest BCUT2D eigenvalue weighted by atomic mass is 10.2. The summed E-state index contributed by atoms with van der Waals surface area (Å²) in [4.78, 5) is 12.4. The van der Waals surface area contributed by atoms with Crippen LogP contribution in [0.3, 0.4) is 0 Å². The average Bonchev–Trinajstić information content (AvgIpc) is 1.80. The molecule has 0 aliphatic heterocycles. The molecule has 0 radical (unpaired) electrons. The van der Waals surface area contributed by atoms with Crippen molar-refractivity contribution in [2.45, 2.75) is 20.8 Å². The number of rotatable bonds is 6. The molecular weight excluding hydrogens is 166 g/mol. The molecule has 0 aliphatic carbocycles. The molecule has 0 aromatic rings. The number of hydrogen-bond acceptors (Lipinski definition) is 2. The van der Waals surface area contributed by atoms with Crippen LogP contribution in [-0.2, 0) is 4.79 Å². The standard InChI is InChI=1S/C10H19NO2/c1-8(2)5-11(6-9(3)4)7-10(12)13/h9H,1,5-7H2,2-4H3,(H,12,13). The monoisotopic (exact) mass is 185 g/mol. The Morgan fingerprint density at radius 3 is 2.31 bits per heavy atom. The molecule has 0 heterocycles. The van der Waals surface area contributed by atoms with Gasteiger partial charge in [-0.15, -0.1) is 0 Å². The molecule has 0 atom stereocenters. The molecule has 1 N–H and O–H groups in total. The molecule has 0 saturated carbocycles. The van der Waals surface area contributed by atoms with Crippen LogP contribution in [0.1, 0.15) is 20.8 Å². The van der Waals surface area contributed by atoms with Crippen molar-refractivity contribution in [3.8, 4) is 0 Å². The minimum absolute atomic E-state index is 0.102. The number of carboxylic acids is 1. The minimum atomic E-state index is -0.776. The van der Waals surface area contributed by atoms with Gasteiger partial charge in [0.15, 0.2) is 0 Å². The largest absolute Gasteiger partial charge is 0.480 e. The summed E-state index contributed by atoms with van der Waals surface area (Å²) in [5, 5.41) is 8.64. The second-order valence-electron chi connectivity index (χ2n) is 3.91. The third kappa shape index (κ3) is 7.53. The van der Waals surface area contributed by atoms with Gasteiger partial charge in [0.2, 0.25) is 0 Å². The average molecular weight is 185 g/mol. The molecule has 0 aliphatic rings. The number of nitrogens with zero attached hydrogens (tertiary/aromatic N) is 1. The Morgan fingerprint density at radius 2 is 2.00 bits per heavy atom. The second kappa shape index (κ2) is 5.75. The summed E-state index contributed by atoms with van der Waals surface area (Å²) in [6.07, 6.45) is 0. The van der Waals surface area contributed by atoms with Crippen LogP contribution in [0, 0.1) is 5.92 Å². The van der Waals surface area contributed by atoms with E-state index in [1.54, 1.807) is 0 Å². The highest BCUT2D eigenvalue weighted by Crippen LogP contribution is 2.01. The van der Waals surface area contributed by atoms with Gasteiger partial charge >= 0.3 is 5.97 Å². The third-order valence-electron chi connectivity index (χ3n) is 1.48. The van der Waals surface area contributed by atoms with E-state index in [4.69, 9.17) is 5.11 Å². The van der Waals surface area contributed by atoms with Crippen LogP contribution in [0.25, 0.3) is 0 Å². The molecule has 3 heteroatoms. The smallest absolute Gasteiger partial charge is 0.317 e. The molecule has 0 spiro atoms. The summed E-state index contributed by atoms with van der Waals surface area (Å²) in [7, 11) is 0. The molecule has 0 saturated heterocycles. The van der Waals surface area contributed by atoms with Crippen molar-refractivity contribution in [1.82, 2.24) is 4.90 Å². The molecule has 3 nitrogen and oxygen atoms in total.